The van der Waals surface area contributed by atoms with E-state index in [1.54, 1.807) is 0 Å². The van der Waals surface area contributed by atoms with Crippen LogP contribution in [0.25, 0.3) is 0 Å². The molecule has 1 rings (SSSR count). The van der Waals surface area contributed by atoms with E-state index in [2.05, 4.69) is 15.9 Å². The van der Waals surface area contributed by atoms with E-state index in [4.69, 9.17) is 0 Å². The molecular formula is C9H14BrNO2S. The van der Waals surface area contributed by atoms with E-state index in [9.17, 15) is 9.59 Å². The van der Waals surface area contributed by atoms with Gasteiger partial charge in [-0.15, -0.1) is 0 Å². The van der Waals surface area contributed by atoms with Crippen LogP contribution in [-0.2, 0) is 4.79 Å². The smallest absolute Gasteiger partial charge is 0.274 e. The molecule has 14 heavy (non-hydrogen) atoms. The van der Waals surface area contributed by atoms with Crippen LogP contribution in [0, 0.1) is 0 Å². The quantitative estimate of drug-likeness (QED) is 0.574. The molecule has 5 heteroatoms. The Morgan fingerprint density at radius 3 is 2.71 bits per heavy atom. The standard InChI is InChI=1S/C9H14BrNO2S/c10-5-2-1-3-6-11-8(12)4-7-14-9(11)13/h1-7H2. The van der Waals surface area contributed by atoms with Gasteiger partial charge in [0.05, 0.1) is 0 Å². The number of hydrogen-bond acceptors (Lipinski definition) is 3. The van der Waals surface area contributed by atoms with Crippen LogP contribution in [0.3, 0.4) is 0 Å². The Kier molecular flexibility index (Phi) is 5.55. The SMILES string of the molecule is O=C1CCSC(=O)N1CCCCCBr. The molecule has 2 amide bonds. The molecule has 1 aliphatic rings. The minimum Gasteiger partial charge on any atom is -0.274 e. The summed E-state index contributed by atoms with van der Waals surface area (Å²) in [7, 11) is 0. The Hall–Kier alpha value is -0.0300. The number of alkyl halides is 1. The van der Waals surface area contributed by atoms with Crippen LogP contribution < -0.4 is 0 Å². The third-order valence-electron chi connectivity index (χ3n) is 2.08. The second kappa shape index (κ2) is 6.45. The summed E-state index contributed by atoms with van der Waals surface area (Å²) in [4.78, 5) is 24.1. The van der Waals surface area contributed by atoms with E-state index in [1.165, 1.54) is 16.7 Å². The fraction of sp³-hybridized carbons (Fsp3) is 0.778. The molecule has 1 heterocycles. The molecule has 0 bridgehead atoms. The van der Waals surface area contributed by atoms with Crippen LogP contribution in [0.15, 0.2) is 0 Å². The molecule has 3 nitrogen and oxygen atoms in total. The molecular weight excluding hydrogens is 266 g/mol. The van der Waals surface area contributed by atoms with Gasteiger partial charge in [-0.1, -0.05) is 34.1 Å². The Morgan fingerprint density at radius 2 is 2.07 bits per heavy atom. The number of halogens is 1. The van der Waals surface area contributed by atoms with Gasteiger partial charge in [0.15, 0.2) is 0 Å². The van der Waals surface area contributed by atoms with Gasteiger partial charge in [0.1, 0.15) is 0 Å². The maximum Gasteiger partial charge on any atom is 0.288 e. The molecule has 0 aromatic carbocycles. The van der Waals surface area contributed by atoms with Crippen LogP contribution in [0.5, 0.6) is 0 Å². The summed E-state index contributed by atoms with van der Waals surface area (Å²) in [5.41, 5.74) is 0. The molecule has 0 saturated carbocycles. The van der Waals surface area contributed by atoms with Crippen LogP contribution in [0.1, 0.15) is 25.7 Å². The van der Waals surface area contributed by atoms with Crippen molar-refractivity contribution in [2.24, 2.45) is 0 Å². The molecule has 1 aliphatic heterocycles. The van der Waals surface area contributed by atoms with Crippen molar-refractivity contribution in [3.63, 3.8) is 0 Å². The van der Waals surface area contributed by atoms with Gasteiger partial charge in [0.2, 0.25) is 5.91 Å². The van der Waals surface area contributed by atoms with Gasteiger partial charge in [0.25, 0.3) is 5.24 Å². The van der Waals surface area contributed by atoms with Crippen LogP contribution >= 0.6 is 27.7 Å². The highest BCUT2D eigenvalue weighted by Crippen LogP contribution is 2.18. The maximum absolute atomic E-state index is 11.4. The molecule has 0 radical (unpaired) electrons. The molecule has 0 unspecified atom stereocenters. The lowest BCUT2D eigenvalue weighted by molar-refractivity contribution is -0.127. The fourth-order valence-corrected chi connectivity index (χ4v) is 2.49. The van der Waals surface area contributed by atoms with Crippen molar-refractivity contribution in [1.82, 2.24) is 4.90 Å². The van der Waals surface area contributed by atoms with E-state index < -0.39 is 0 Å². The monoisotopic (exact) mass is 279 g/mol. The number of nitrogens with zero attached hydrogens (tertiary/aromatic N) is 1. The van der Waals surface area contributed by atoms with Crippen LogP contribution in [0.4, 0.5) is 4.79 Å². The number of amides is 2. The summed E-state index contributed by atoms with van der Waals surface area (Å²) in [6.07, 6.45) is 3.59. The van der Waals surface area contributed by atoms with Gasteiger partial charge in [-0.05, 0) is 12.8 Å². The zero-order valence-electron chi connectivity index (χ0n) is 8.00. The summed E-state index contributed by atoms with van der Waals surface area (Å²) < 4.78 is 0. The van der Waals surface area contributed by atoms with Crippen molar-refractivity contribution in [2.75, 3.05) is 17.6 Å². The highest BCUT2D eigenvalue weighted by molar-refractivity contribution is 9.09. The first kappa shape index (κ1) is 12.0. The number of carbonyl (C=O) groups is 2. The number of thioether (sulfide) groups is 1. The molecule has 0 spiro atoms. The average Bonchev–Trinajstić information content (AvgIpc) is 2.16. The van der Waals surface area contributed by atoms with Gasteiger partial charge in [-0.25, -0.2) is 0 Å². The van der Waals surface area contributed by atoms with Crippen molar-refractivity contribution in [3.8, 4) is 0 Å². The normalized spacial score (nSPS) is 17.6. The highest BCUT2D eigenvalue weighted by Gasteiger charge is 2.25. The van der Waals surface area contributed by atoms with Gasteiger partial charge in [0, 0.05) is 24.0 Å². The highest BCUT2D eigenvalue weighted by atomic mass is 79.9. The molecule has 0 aromatic heterocycles. The van der Waals surface area contributed by atoms with Crippen molar-refractivity contribution in [3.05, 3.63) is 0 Å². The number of imide groups is 1. The van der Waals surface area contributed by atoms with Gasteiger partial charge in [-0.2, -0.15) is 0 Å². The van der Waals surface area contributed by atoms with E-state index in [0.717, 1.165) is 24.6 Å². The van der Waals surface area contributed by atoms with E-state index in [-0.39, 0.29) is 11.1 Å². The maximum atomic E-state index is 11.4. The van der Waals surface area contributed by atoms with Gasteiger partial charge >= 0.3 is 0 Å². The van der Waals surface area contributed by atoms with E-state index in [1.807, 2.05) is 0 Å². The van der Waals surface area contributed by atoms with Crippen molar-refractivity contribution >= 4 is 38.8 Å². The van der Waals surface area contributed by atoms with E-state index in [0.29, 0.717) is 18.7 Å². The summed E-state index contributed by atoms with van der Waals surface area (Å²) >= 11 is 4.60. The first-order valence-corrected chi connectivity index (χ1v) is 6.89. The second-order valence-corrected chi connectivity index (χ2v) is 5.00. The lowest BCUT2D eigenvalue weighted by atomic mass is 10.2. The van der Waals surface area contributed by atoms with Gasteiger partial charge < -0.3 is 0 Å². The van der Waals surface area contributed by atoms with Gasteiger partial charge in [-0.3, -0.25) is 14.5 Å². The summed E-state index contributed by atoms with van der Waals surface area (Å²) in [6, 6.07) is 0. The zero-order chi connectivity index (χ0) is 10.4. The lowest BCUT2D eigenvalue weighted by Crippen LogP contribution is -2.38. The third-order valence-corrected chi connectivity index (χ3v) is 3.51. The third kappa shape index (κ3) is 3.61. The lowest BCUT2D eigenvalue weighted by Gasteiger charge is -2.23. The Balaban J connectivity index is 2.26. The van der Waals surface area contributed by atoms with Crippen molar-refractivity contribution in [1.29, 1.82) is 0 Å². The molecule has 0 N–H and O–H groups in total. The molecule has 1 saturated heterocycles. The number of hydrogen-bond donors (Lipinski definition) is 0. The number of rotatable bonds is 5. The Morgan fingerprint density at radius 1 is 1.29 bits per heavy atom. The molecule has 0 aliphatic carbocycles. The topological polar surface area (TPSA) is 37.4 Å². The number of carbonyl (C=O) groups excluding carboxylic acids is 2. The Labute approximate surface area is 96.7 Å². The Bertz CT molecular complexity index is 207. The second-order valence-electron chi connectivity index (χ2n) is 3.16. The largest absolute Gasteiger partial charge is 0.288 e. The van der Waals surface area contributed by atoms with Crippen molar-refractivity contribution in [2.45, 2.75) is 25.7 Å². The van der Waals surface area contributed by atoms with E-state index >= 15 is 0 Å². The predicted molar refractivity (Wildman–Crippen MR) is 61.8 cm³/mol. The van der Waals surface area contributed by atoms with Crippen LogP contribution in [-0.4, -0.2) is 33.7 Å². The fourth-order valence-electron chi connectivity index (χ4n) is 1.30. The first-order valence-electron chi connectivity index (χ1n) is 4.79. The first-order chi connectivity index (χ1) is 6.75. The van der Waals surface area contributed by atoms with Crippen molar-refractivity contribution < 1.29 is 9.59 Å². The van der Waals surface area contributed by atoms with Crippen LogP contribution in [0.2, 0.25) is 0 Å². The minimum absolute atomic E-state index is 0.00686. The molecule has 0 aromatic rings. The molecule has 1 fully saturated rings. The molecule has 0 atom stereocenters. The predicted octanol–water partition coefficient (Wildman–Crippen LogP) is 2.64. The summed E-state index contributed by atoms with van der Waals surface area (Å²) in [6.45, 7) is 0.595. The molecule has 80 valence electrons. The zero-order valence-corrected chi connectivity index (χ0v) is 10.4. The minimum atomic E-state index is -0.0694. The number of unbranched alkanes of at least 4 members (excludes halogenated alkanes) is 2. The summed E-state index contributed by atoms with van der Waals surface area (Å²) in [5.74, 6) is 0.642. The summed E-state index contributed by atoms with van der Waals surface area (Å²) in [5, 5.41) is 0.920. The average molecular weight is 280 g/mol.